The highest BCUT2D eigenvalue weighted by Gasteiger charge is 2.47. The minimum absolute atomic E-state index is 0.00531. The maximum absolute atomic E-state index is 14.5. The van der Waals surface area contributed by atoms with Gasteiger partial charge in [0.05, 0.1) is 23.7 Å². The van der Waals surface area contributed by atoms with Gasteiger partial charge in [-0.3, -0.25) is 9.48 Å². The van der Waals surface area contributed by atoms with Crippen LogP contribution in [0.15, 0.2) is 43.0 Å². The molecule has 0 bridgehead atoms. The van der Waals surface area contributed by atoms with Crippen molar-refractivity contribution in [2.75, 3.05) is 18.4 Å². The Bertz CT molecular complexity index is 1180. The number of alkyl halides is 5. The SMILES string of the molecule is C[C@@H]1CC(F)(F)CN(C(=O)c2nn(C)cc2-c2ncccn2)C1CNc1ccc(C(F)(F)F)cn1. The molecule has 4 heterocycles. The maximum atomic E-state index is 14.5. The summed E-state index contributed by atoms with van der Waals surface area (Å²) in [5, 5.41) is 7.05. The quantitative estimate of drug-likeness (QED) is 0.541. The number of anilines is 1. The van der Waals surface area contributed by atoms with E-state index in [1.807, 2.05) is 0 Å². The lowest BCUT2D eigenvalue weighted by Crippen LogP contribution is -2.57. The Hall–Kier alpha value is -3.64. The highest BCUT2D eigenvalue weighted by Crippen LogP contribution is 2.36. The fourth-order valence-electron chi connectivity index (χ4n) is 4.14. The summed E-state index contributed by atoms with van der Waals surface area (Å²) >= 11 is 0. The van der Waals surface area contributed by atoms with Gasteiger partial charge in [0, 0.05) is 44.8 Å². The molecule has 1 aliphatic rings. The second kappa shape index (κ2) is 9.19. The van der Waals surface area contributed by atoms with E-state index >= 15 is 0 Å². The molecule has 1 fully saturated rings. The molecule has 35 heavy (non-hydrogen) atoms. The first-order valence-corrected chi connectivity index (χ1v) is 10.7. The van der Waals surface area contributed by atoms with Crippen molar-refractivity contribution in [2.24, 2.45) is 13.0 Å². The van der Waals surface area contributed by atoms with E-state index in [1.165, 1.54) is 23.3 Å². The Morgan fingerprint density at radius 2 is 1.91 bits per heavy atom. The van der Waals surface area contributed by atoms with Crippen molar-refractivity contribution in [3.8, 4) is 11.4 Å². The monoisotopic (exact) mass is 495 g/mol. The zero-order valence-corrected chi connectivity index (χ0v) is 18.8. The lowest BCUT2D eigenvalue weighted by atomic mass is 9.88. The largest absolute Gasteiger partial charge is 0.417 e. The number of likely N-dealkylation sites (tertiary alicyclic amines) is 1. The minimum atomic E-state index is -4.53. The van der Waals surface area contributed by atoms with Crippen LogP contribution in [0.2, 0.25) is 0 Å². The smallest absolute Gasteiger partial charge is 0.368 e. The van der Waals surface area contributed by atoms with Crippen LogP contribution in [0.3, 0.4) is 0 Å². The molecule has 186 valence electrons. The molecule has 13 heteroatoms. The van der Waals surface area contributed by atoms with E-state index < -0.39 is 48.5 Å². The number of piperidine rings is 1. The number of nitrogens with one attached hydrogen (secondary N) is 1. The van der Waals surface area contributed by atoms with Crippen molar-refractivity contribution in [3.05, 3.63) is 54.2 Å². The number of carbonyl (C=O) groups is 1. The van der Waals surface area contributed by atoms with Crippen molar-refractivity contribution < 1.29 is 26.7 Å². The third-order valence-electron chi connectivity index (χ3n) is 5.76. The Morgan fingerprint density at radius 3 is 2.54 bits per heavy atom. The standard InChI is InChI=1S/C22H22F5N7O/c1-13-8-21(23,24)12-34(16(13)10-31-17-5-4-14(9-30-17)22(25,26)27)20(35)18-15(11-33(2)32-18)19-28-6-3-7-29-19/h3-7,9,11,13,16H,8,10,12H2,1-2H3,(H,30,31)/t13-,16?/m1/s1. The first-order chi connectivity index (χ1) is 16.4. The summed E-state index contributed by atoms with van der Waals surface area (Å²) in [6, 6.07) is 2.93. The zero-order valence-electron chi connectivity index (χ0n) is 18.8. The summed E-state index contributed by atoms with van der Waals surface area (Å²) in [6.07, 6.45) is 0.230. The Labute approximate surface area is 197 Å². The van der Waals surface area contributed by atoms with Crippen LogP contribution in [0.5, 0.6) is 0 Å². The molecule has 8 nitrogen and oxygen atoms in total. The number of carbonyl (C=O) groups excluding carboxylic acids is 1. The maximum Gasteiger partial charge on any atom is 0.417 e. The van der Waals surface area contributed by atoms with Gasteiger partial charge in [-0.1, -0.05) is 6.92 Å². The molecular weight excluding hydrogens is 473 g/mol. The van der Waals surface area contributed by atoms with E-state index in [1.54, 1.807) is 20.0 Å². The molecule has 1 saturated heterocycles. The van der Waals surface area contributed by atoms with Crippen molar-refractivity contribution in [2.45, 2.75) is 31.5 Å². The number of amides is 1. The molecular formula is C22H22F5N7O. The second-order valence-electron chi connectivity index (χ2n) is 8.49. The van der Waals surface area contributed by atoms with Crippen molar-refractivity contribution in [1.29, 1.82) is 0 Å². The number of aromatic nitrogens is 5. The molecule has 3 aromatic heterocycles. The summed E-state index contributed by atoms with van der Waals surface area (Å²) in [5.74, 6) is -4.09. The fraction of sp³-hybridized carbons (Fsp3) is 0.409. The number of hydrogen-bond donors (Lipinski definition) is 1. The van der Waals surface area contributed by atoms with Gasteiger partial charge in [0.25, 0.3) is 11.8 Å². The van der Waals surface area contributed by atoms with E-state index in [0.717, 1.165) is 17.0 Å². The predicted octanol–water partition coefficient (Wildman–Crippen LogP) is 3.89. The number of aryl methyl sites for hydroxylation is 1. The Balaban J connectivity index is 1.60. The topological polar surface area (TPSA) is 88.8 Å². The fourth-order valence-corrected chi connectivity index (χ4v) is 4.14. The van der Waals surface area contributed by atoms with E-state index in [-0.39, 0.29) is 23.9 Å². The third-order valence-corrected chi connectivity index (χ3v) is 5.76. The molecule has 1 aliphatic heterocycles. The molecule has 3 aromatic rings. The average Bonchev–Trinajstić information content (AvgIpc) is 3.19. The molecule has 0 spiro atoms. The number of nitrogens with zero attached hydrogens (tertiary/aromatic N) is 6. The van der Waals surface area contributed by atoms with Crippen LogP contribution in [0.25, 0.3) is 11.4 Å². The van der Waals surface area contributed by atoms with E-state index in [2.05, 4.69) is 25.4 Å². The van der Waals surface area contributed by atoms with E-state index in [9.17, 15) is 26.7 Å². The van der Waals surface area contributed by atoms with Crippen LogP contribution in [-0.2, 0) is 13.2 Å². The minimum Gasteiger partial charge on any atom is -0.368 e. The van der Waals surface area contributed by atoms with Gasteiger partial charge in [0.15, 0.2) is 11.5 Å². The molecule has 1 N–H and O–H groups in total. The van der Waals surface area contributed by atoms with Crippen LogP contribution in [0, 0.1) is 5.92 Å². The van der Waals surface area contributed by atoms with Crippen LogP contribution < -0.4 is 5.32 Å². The molecule has 1 unspecified atom stereocenters. The van der Waals surface area contributed by atoms with Crippen molar-refractivity contribution >= 4 is 11.7 Å². The highest BCUT2D eigenvalue weighted by molar-refractivity contribution is 5.98. The third kappa shape index (κ3) is 5.38. The first-order valence-electron chi connectivity index (χ1n) is 10.7. The molecule has 0 saturated carbocycles. The predicted molar refractivity (Wildman–Crippen MR) is 116 cm³/mol. The molecule has 1 amide bonds. The summed E-state index contributed by atoms with van der Waals surface area (Å²) in [6.45, 7) is 0.777. The van der Waals surface area contributed by atoms with E-state index in [4.69, 9.17) is 0 Å². The number of pyridine rings is 1. The molecule has 0 aromatic carbocycles. The summed E-state index contributed by atoms with van der Waals surface area (Å²) in [5.41, 5.74) is -0.673. The van der Waals surface area contributed by atoms with Gasteiger partial charge < -0.3 is 10.2 Å². The lowest BCUT2D eigenvalue weighted by Gasteiger charge is -2.43. The van der Waals surface area contributed by atoms with Crippen LogP contribution in [-0.4, -0.2) is 60.6 Å². The molecule has 4 rings (SSSR count). The van der Waals surface area contributed by atoms with Gasteiger partial charge >= 0.3 is 6.18 Å². The van der Waals surface area contributed by atoms with Gasteiger partial charge in [-0.25, -0.2) is 23.7 Å². The number of halogens is 5. The average molecular weight is 495 g/mol. The molecule has 0 aliphatic carbocycles. The van der Waals surface area contributed by atoms with E-state index in [0.29, 0.717) is 11.8 Å². The lowest BCUT2D eigenvalue weighted by molar-refractivity contribution is -0.137. The highest BCUT2D eigenvalue weighted by atomic mass is 19.4. The van der Waals surface area contributed by atoms with Crippen LogP contribution in [0.4, 0.5) is 27.8 Å². The number of rotatable bonds is 5. The van der Waals surface area contributed by atoms with Gasteiger partial charge in [-0.15, -0.1) is 0 Å². The van der Waals surface area contributed by atoms with Crippen molar-refractivity contribution in [1.82, 2.24) is 29.6 Å². The summed E-state index contributed by atoms with van der Waals surface area (Å²) in [7, 11) is 1.59. The summed E-state index contributed by atoms with van der Waals surface area (Å²) in [4.78, 5) is 26.6. The van der Waals surface area contributed by atoms with Crippen LogP contribution in [0.1, 0.15) is 29.4 Å². The van der Waals surface area contributed by atoms with Gasteiger partial charge in [0.1, 0.15) is 5.82 Å². The first kappa shape index (κ1) is 24.5. The Kier molecular flexibility index (Phi) is 6.43. The summed E-state index contributed by atoms with van der Waals surface area (Å²) < 4.78 is 68.8. The van der Waals surface area contributed by atoms with Crippen LogP contribution >= 0.6 is 0 Å². The second-order valence-corrected chi connectivity index (χ2v) is 8.49. The molecule has 0 radical (unpaired) electrons. The normalized spacial score (nSPS) is 20.0. The van der Waals surface area contributed by atoms with Crippen molar-refractivity contribution in [3.63, 3.8) is 0 Å². The Morgan fingerprint density at radius 1 is 1.20 bits per heavy atom. The van der Waals surface area contributed by atoms with Gasteiger partial charge in [0.2, 0.25) is 0 Å². The van der Waals surface area contributed by atoms with Gasteiger partial charge in [-0.2, -0.15) is 18.3 Å². The number of hydrogen-bond acceptors (Lipinski definition) is 6. The molecule has 2 atom stereocenters. The zero-order chi connectivity index (χ0) is 25.4. The van der Waals surface area contributed by atoms with Gasteiger partial charge in [-0.05, 0) is 24.1 Å².